The Hall–Kier alpha value is -2.62. The first kappa shape index (κ1) is 18.7. The lowest BCUT2D eigenvalue weighted by molar-refractivity contribution is -0.123. The highest BCUT2D eigenvalue weighted by Gasteiger charge is 2.19. The van der Waals surface area contributed by atoms with Crippen molar-refractivity contribution in [2.45, 2.75) is 40.7 Å². The minimum absolute atomic E-state index is 0.0268. The van der Waals surface area contributed by atoms with E-state index in [4.69, 9.17) is 0 Å². The number of aryl methyl sites for hydroxylation is 3. The molecule has 2 amide bonds. The summed E-state index contributed by atoms with van der Waals surface area (Å²) in [5.41, 5.74) is 5.13. The second-order valence-electron chi connectivity index (χ2n) is 6.31. The second kappa shape index (κ2) is 8.47. The molecule has 4 heteroatoms. The maximum absolute atomic E-state index is 12.4. The topological polar surface area (TPSA) is 49.4 Å². The molecular weight excluding hydrogens is 312 g/mol. The van der Waals surface area contributed by atoms with Crippen molar-refractivity contribution in [3.63, 3.8) is 0 Å². The van der Waals surface area contributed by atoms with Crippen LogP contribution < -0.4 is 10.2 Å². The fraction of sp³-hybridized carbons (Fsp3) is 0.333. The smallest absolute Gasteiger partial charge is 0.240 e. The summed E-state index contributed by atoms with van der Waals surface area (Å²) in [6.45, 7) is 8.02. The van der Waals surface area contributed by atoms with Gasteiger partial charge >= 0.3 is 0 Å². The van der Waals surface area contributed by atoms with Gasteiger partial charge in [0.2, 0.25) is 11.8 Å². The molecule has 0 fully saturated rings. The van der Waals surface area contributed by atoms with E-state index in [1.165, 1.54) is 6.92 Å². The maximum atomic E-state index is 12.4. The van der Waals surface area contributed by atoms with E-state index >= 15 is 0 Å². The summed E-state index contributed by atoms with van der Waals surface area (Å²) >= 11 is 0. The quantitative estimate of drug-likeness (QED) is 0.876. The predicted molar refractivity (Wildman–Crippen MR) is 102 cm³/mol. The van der Waals surface area contributed by atoms with Crippen molar-refractivity contribution in [2.24, 2.45) is 0 Å². The third-order valence-electron chi connectivity index (χ3n) is 4.23. The Morgan fingerprint density at radius 1 is 1.08 bits per heavy atom. The number of anilines is 1. The summed E-state index contributed by atoms with van der Waals surface area (Å²) in [5, 5.41) is 2.91. The molecule has 0 spiro atoms. The molecular formula is C21H26N2O2. The van der Waals surface area contributed by atoms with Crippen LogP contribution in [-0.2, 0) is 22.6 Å². The van der Waals surface area contributed by atoms with E-state index in [1.54, 1.807) is 4.90 Å². The van der Waals surface area contributed by atoms with E-state index in [9.17, 15) is 9.59 Å². The summed E-state index contributed by atoms with van der Waals surface area (Å²) < 4.78 is 0. The van der Waals surface area contributed by atoms with Crippen molar-refractivity contribution < 1.29 is 9.59 Å². The Morgan fingerprint density at radius 2 is 1.80 bits per heavy atom. The van der Waals surface area contributed by atoms with Crippen LogP contribution >= 0.6 is 0 Å². The number of para-hydroxylation sites is 1. The molecule has 132 valence electrons. The molecule has 2 aromatic carbocycles. The van der Waals surface area contributed by atoms with Gasteiger partial charge in [0, 0.05) is 13.5 Å². The van der Waals surface area contributed by atoms with Crippen LogP contribution in [0.25, 0.3) is 0 Å². The molecule has 0 radical (unpaired) electrons. The van der Waals surface area contributed by atoms with Gasteiger partial charge in [-0.2, -0.15) is 0 Å². The third kappa shape index (κ3) is 4.92. The molecule has 0 atom stereocenters. The van der Waals surface area contributed by atoms with Gasteiger partial charge in [0.05, 0.1) is 5.69 Å². The lowest BCUT2D eigenvalue weighted by atomic mass is 10.0. The van der Waals surface area contributed by atoms with Crippen LogP contribution in [0.3, 0.4) is 0 Å². The Labute approximate surface area is 149 Å². The molecule has 0 unspecified atom stereocenters. The highest BCUT2D eigenvalue weighted by Crippen LogP contribution is 2.25. The molecule has 2 aromatic rings. The zero-order chi connectivity index (χ0) is 18.4. The first-order valence-electron chi connectivity index (χ1n) is 8.61. The second-order valence-corrected chi connectivity index (χ2v) is 6.31. The molecule has 0 bridgehead atoms. The number of hydrogen-bond donors (Lipinski definition) is 1. The minimum atomic E-state index is -0.165. The van der Waals surface area contributed by atoms with Crippen molar-refractivity contribution in [3.05, 3.63) is 64.7 Å². The van der Waals surface area contributed by atoms with Crippen molar-refractivity contribution in [2.75, 3.05) is 11.4 Å². The number of benzene rings is 2. The van der Waals surface area contributed by atoms with Crippen LogP contribution in [-0.4, -0.2) is 18.4 Å². The van der Waals surface area contributed by atoms with Crippen LogP contribution in [0.2, 0.25) is 0 Å². The highest BCUT2D eigenvalue weighted by atomic mass is 16.2. The third-order valence-corrected chi connectivity index (χ3v) is 4.23. The van der Waals surface area contributed by atoms with Gasteiger partial charge in [0.25, 0.3) is 0 Å². The van der Waals surface area contributed by atoms with Crippen LogP contribution in [0.5, 0.6) is 0 Å². The molecule has 0 saturated carbocycles. The van der Waals surface area contributed by atoms with Gasteiger partial charge in [-0.3, -0.25) is 9.59 Å². The summed E-state index contributed by atoms with van der Waals surface area (Å²) in [6.07, 6.45) is 0.811. The van der Waals surface area contributed by atoms with E-state index in [-0.39, 0.29) is 18.4 Å². The monoisotopic (exact) mass is 338 g/mol. The summed E-state index contributed by atoms with van der Waals surface area (Å²) in [6, 6.07) is 14.0. The number of nitrogens with zero attached hydrogens (tertiary/aromatic N) is 1. The number of carbonyl (C=O) groups excluding carboxylic acids is 2. The van der Waals surface area contributed by atoms with E-state index in [0.717, 1.165) is 34.4 Å². The van der Waals surface area contributed by atoms with Crippen LogP contribution in [0, 0.1) is 13.8 Å². The molecule has 4 nitrogen and oxygen atoms in total. The van der Waals surface area contributed by atoms with Gasteiger partial charge in [-0.15, -0.1) is 0 Å². The summed E-state index contributed by atoms with van der Waals surface area (Å²) in [5.74, 6) is -0.295. The fourth-order valence-electron chi connectivity index (χ4n) is 2.96. The number of hydrogen-bond acceptors (Lipinski definition) is 2. The highest BCUT2D eigenvalue weighted by molar-refractivity contribution is 5.98. The maximum Gasteiger partial charge on any atom is 0.240 e. The van der Waals surface area contributed by atoms with Crippen LogP contribution in [0.4, 0.5) is 5.69 Å². The standard InChI is InChI=1S/C21H26N2O2/c1-5-19-11-7-9-16(3)21(19)23(17(4)24)14-20(25)22-13-18-10-6-8-15(2)12-18/h6-12H,5,13-14H2,1-4H3,(H,22,25). The van der Waals surface area contributed by atoms with Gasteiger partial charge in [-0.1, -0.05) is 55.0 Å². The average molecular weight is 338 g/mol. The Bertz CT molecular complexity index is 768. The van der Waals surface area contributed by atoms with Crippen LogP contribution in [0.1, 0.15) is 36.1 Å². The number of nitrogens with one attached hydrogen (secondary N) is 1. The number of rotatable bonds is 6. The lowest BCUT2D eigenvalue weighted by Gasteiger charge is -2.25. The van der Waals surface area contributed by atoms with Gasteiger partial charge < -0.3 is 10.2 Å². The van der Waals surface area contributed by atoms with E-state index in [2.05, 4.69) is 5.32 Å². The van der Waals surface area contributed by atoms with E-state index < -0.39 is 0 Å². The Kier molecular flexibility index (Phi) is 6.34. The molecule has 0 aliphatic heterocycles. The number of carbonyl (C=O) groups is 2. The molecule has 1 N–H and O–H groups in total. The summed E-state index contributed by atoms with van der Waals surface area (Å²) in [4.78, 5) is 26.1. The van der Waals surface area contributed by atoms with Crippen molar-refractivity contribution >= 4 is 17.5 Å². The SMILES string of the molecule is CCc1cccc(C)c1N(CC(=O)NCc1cccc(C)c1)C(C)=O. The number of amides is 2. The molecule has 2 rings (SSSR count). The predicted octanol–water partition coefficient (Wildman–Crippen LogP) is 3.54. The van der Waals surface area contributed by atoms with Crippen LogP contribution in [0.15, 0.2) is 42.5 Å². The first-order chi connectivity index (χ1) is 11.9. The zero-order valence-electron chi connectivity index (χ0n) is 15.4. The molecule has 25 heavy (non-hydrogen) atoms. The summed E-state index contributed by atoms with van der Waals surface area (Å²) in [7, 11) is 0. The molecule has 0 aliphatic rings. The minimum Gasteiger partial charge on any atom is -0.350 e. The largest absolute Gasteiger partial charge is 0.350 e. The van der Waals surface area contributed by atoms with E-state index in [0.29, 0.717) is 6.54 Å². The van der Waals surface area contributed by atoms with E-state index in [1.807, 2.05) is 63.2 Å². The van der Waals surface area contributed by atoms with Crippen molar-refractivity contribution in [1.82, 2.24) is 5.32 Å². The Balaban J connectivity index is 2.12. The normalized spacial score (nSPS) is 10.4. The van der Waals surface area contributed by atoms with Gasteiger partial charge in [-0.25, -0.2) is 0 Å². The Morgan fingerprint density at radius 3 is 2.44 bits per heavy atom. The fourth-order valence-corrected chi connectivity index (χ4v) is 2.96. The first-order valence-corrected chi connectivity index (χ1v) is 8.61. The lowest BCUT2D eigenvalue weighted by Crippen LogP contribution is -2.40. The van der Waals surface area contributed by atoms with Crippen molar-refractivity contribution in [1.29, 1.82) is 0 Å². The van der Waals surface area contributed by atoms with Gasteiger partial charge in [0.15, 0.2) is 0 Å². The van der Waals surface area contributed by atoms with Crippen molar-refractivity contribution in [3.8, 4) is 0 Å². The molecule has 0 aliphatic carbocycles. The average Bonchev–Trinajstić information content (AvgIpc) is 2.58. The zero-order valence-corrected chi connectivity index (χ0v) is 15.4. The molecule has 0 saturated heterocycles. The molecule has 0 heterocycles. The van der Waals surface area contributed by atoms with Gasteiger partial charge in [0.1, 0.15) is 6.54 Å². The van der Waals surface area contributed by atoms with Gasteiger partial charge in [-0.05, 0) is 37.0 Å². The molecule has 0 aromatic heterocycles.